The highest BCUT2D eigenvalue weighted by Gasteiger charge is 2.20. The van der Waals surface area contributed by atoms with E-state index in [4.69, 9.17) is 5.11 Å². The molecule has 1 atom stereocenters. The Morgan fingerprint density at radius 3 is 2.50 bits per heavy atom. The molecule has 20 heavy (non-hydrogen) atoms. The SMILES string of the molecule is Cc1csc(C(=O)O)c1NC(=O)CC(C)CC(C)(C)C. The molecule has 0 aromatic carbocycles. The Balaban J connectivity index is 2.68. The molecule has 1 aromatic heterocycles. The molecule has 112 valence electrons. The van der Waals surface area contributed by atoms with Gasteiger partial charge in [0, 0.05) is 6.42 Å². The summed E-state index contributed by atoms with van der Waals surface area (Å²) in [5.74, 6) is -0.853. The molecule has 0 fully saturated rings. The maximum atomic E-state index is 12.0. The van der Waals surface area contributed by atoms with Gasteiger partial charge in [-0.2, -0.15) is 0 Å². The molecule has 0 radical (unpaired) electrons. The number of aryl methyl sites for hydroxylation is 1. The van der Waals surface area contributed by atoms with Gasteiger partial charge >= 0.3 is 5.97 Å². The van der Waals surface area contributed by atoms with Gasteiger partial charge in [0.25, 0.3) is 0 Å². The predicted molar refractivity (Wildman–Crippen MR) is 82.5 cm³/mol. The third-order valence-electron chi connectivity index (χ3n) is 2.93. The van der Waals surface area contributed by atoms with Crippen LogP contribution in [0.15, 0.2) is 5.38 Å². The largest absolute Gasteiger partial charge is 0.477 e. The van der Waals surface area contributed by atoms with E-state index < -0.39 is 5.97 Å². The molecule has 1 rings (SSSR count). The highest BCUT2D eigenvalue weighted by molar-refractivity contribution is 7.12. The van der Waals surface area contributed by atoms with Crippen LogP contribution in [-0.4, -0.2) is 17.0 Å². The Hall–Kier alpha value is -1.36. The van der Waals surface area contributed by atoms with Gasteiger partial charge in [0.15, 0.2) is 0 Å². The summed E-state index contributed by atoms with van der Waals surface area (Å²) in [4.78, 5) is 23.3. The van der Waals surface area contributed by atoms with Gasteiger partial charge in [0.1, 0.15) is 4.88 Å². The minimum Gasteiger partial charge on any atom is -0.477 e. The van der Waals surface area contributed by atoms with Gasteiger partial charge < -0.3 is 10.4 Å². The summed E-state index contributed by atoms with van der Waals surface area (Å²) in [7, 11) is 0. The quantitative estimate of drug-likeness (QED) is 0.857. The molecule has 0 spiro atoms. The average Bonchev–Trinajstić information content (AvgIpc) is 2.57. The highest BCUT2D eigenvalue weighted by atomic mass is 32.1. The second-order valence-corrected chi connectivity index (χ2v) is 7.43. The van der Waals surface area contributed by atoms with Gasteiger partial charge in [-0.05, 0) is 35.6 Å². The van der Waals surface area contributed by atoms with E-state index in [0.29, 0.717) is 12.1 Å². The molecule has 2 N–H and O–H groups in total. The molecule has 1 amide bonds. The lowest BCUT2D eigenvalue weighted by atomic mass is 9.84. The van der Waals surface area contributed by atoms with E-state index in [9.17, 15) is 9.59 Å². The van der Waals surface area contributed by atoms with Gasteiger partial charge in [-0.25, -0.2) is 4.79 Å². The predicted octanol–water partition coefficient (Wildman–Crippen LogP) is 4.16. The van der Waals surface area contributed by atoms with Crippen LogP contribution in [0, 0.1) is 18.3 Å². The monoisotopic (exact) mass is 297 g/mol. The van der Waals surface area contributed by atoms with E-state index in [1.54, 1.807) is 12.3 Å². The minimum absolute atomic E-state index is 0.120. The molecule has 4 nitrogen and oxygen atoms in total. The van der Waals surface area contributed by atoms with Crippen LogP contribution in [0.4, 0.5) is 5.69 Å². The number of carbonyl (C=O) groups excluding carboxylic acids is 1. The first-order valence-electron chi connectivity index (χ1n) is 6.71. The van der Waals surface area contributed by atoms with Crippen LogP contribution in [-0.2, 0) is 4.79 Å². The van der Waals surface area contributed by atoms with Crippen LogP contribution in [0.2, 0.25) is 0 Å². The van der Waals surface area contributed by atoms with Crippen LogP contribution in [0.1, 0.15) is 55.8 Å². The zero-order chi connectivity index (χ0) is 15.5. The number of rotatable bonds is 5. The maximum absolute atomic E-state index is 12.0. The molecule has 0 bridgehead atoms. The summed E-state index contributed by atoms with van der Waals surface area (Å²) in [6, 6.07) is 0. The van der Waals surface area contributed by atoms with Crippen molar-refractivity contribution in [3.63, 3.8) is 0 Å². The van der Waals surface area contributed by atoms with Crippen molar-refractivity contribution in [2.75, 3.05) is 5.32 Å². The average molecular weight is 297 g/mol. The number of thiophene rings is 1. The standard InChI is InChI=1S/C15H23NO3S/c1-9(7-15(3,4)5)6-11(17)16-12-10(2)8-20-13(12)14(18)19/h8-9H,6-7H2,1-5H3,(H,16,17)(H,18,19). The van der Waals surface area contributed by atoms with Crippen LogP contribution >= 0.6 is 11.3 Å². The molecule has 1 unspecified atom stereocenters. The Bertz CT molecular complexity index is 500. The number of carboxylic acid groups (broad SMARTS) is 1. The Labute approximate surface area is 124 Å². The Morgan fingerprint density at radius 1 is 1.40 bits per heavy atom. The summed E-state index contributed by atoms with van der Waals surface area (Å²) >= 11 is 1.14. The van der Waals surface area contributed by atoms with Crippen molar-refractivity contribution in [2.45, 2.75) is 47.5 Å². The fourth-order valence-corrected chi connectivity index (χ4v) is 3.22. The van der Waals surface area contributed by atoms with Crippen molar-refractivity contribution < 1.29 is 14.7 Å². The molecule has 0 aliphatic carbocycles. The first-order valence-corrected chi connectivity index (χ1v) is 7.59. The van der Waals surface area contributed by atoms with Crippen molar-refractivity contribution in [3.8, 4) is 0 Å². The lowest BCUT2D eigenvalue weighted by Crippen LogP contribution is -2.19. The second kappa shape index (κ2) is 6.39. The molecule has 5 heteroatoms. The van der Waals surface area contributed by atoms with Gasteiger partial charge in [0.05, 0.1) is 5.69 Å². The van der Waals surface area contributed by atoms with E-state index >= 15 is 0 Å². The van der Waals surface area contributed by atoms with Crippen LogP contribution in [0.25, 0.3) is 0 Å². The molecule has 1 heterocycles. The van der Waals surface area contributed by atoms with E-state index in [1.165, 1.54) is 0 Å². The lowest BCUT2D eigenvalue weighted by molar-refractivity contribution is -0.117. The zero-order valence-electron chi connectivity index (χ0n) is 12.7. The van der Waals surface area contributed by atoms with Crippen molar-refractivity contribution >= 4 is 28.9 Å². The summed E-state index contributed by atoms with van der Waals surface area (Å²) in [5.41, 5.74) is 1.42. The maximum Gasteiger partial charge on any atom is 0.348 e. The summed E-state index contributed by atoms with van der Waals surface area (Å²) in [6.07, 6.45) is 1.36. The van der Waals surface area contributed by atoms with E-state index in [1.807, 2.05) is 6.92 Å². The zero-order valence-corrected chi connectivity index (χ0v) is 13.6. The number of anilines is 1. The molecule has 0 saturated carbocycles. The molecule has 1 aromatic rings. The normalized spacial score (nSPS) is 13.1. The van der Waals surface area contributed by atoms with Crippen molar-refractivity contribution in [1.82, 2.24) is 0 Å². The lowest BCUT2D eigenvalue weighted by Gasteiger charge is -2.22. The van der Waals surface area contributed by atoms with Crippen molar-refractivity contribution in [1.29, 1.82) is 0 Å². The highest BCUT2D eigenvalue weighted by Crippen LogP contribution is 2.29. The summed E-state index contributed by atoms with van der Waals surface area (Å²) in [5, 5.41) is 13.6. The number of amides is 1. The fraction of sp³-hybridized carbons (Fsp3) is 0.600. The number of hydrogen-bond acceptors (Lipinski definition) is 3. The Kier molecular flexibility index (Phi) is 5.34. The number of aromatic carboxylic acids is 1. The van der Waals surface area contributed by atoms with Crippen LogP contribution in [0.5, 0.6) is 0 Å². The number of hydrogen-bond donors (Lipinski definition) is 2. The molecular formula is C15H23NO3S. The van der Waals surface area contributed by atoms with E-state index in [0.717, 1.165) is 23.3 Å². The minimum atomic E-state index is -0.999. The number of carboxylic acids is 1. The molecule has 0 aliphatic rings. The third-order valence-corrected chi connectivity index (χ3v) is 4.01. The van der Waals surface area contributed by atoms with Gasteiger partial charge in [-0.3, -0.25) is 4.79 Å². The topological polar surface area (TPSA) is 66.4 Å². The first-order chi connectivity index (χ1) is 9.10. The number of nitrogens with one attached hydrogen (secondary N) is 1. The third kappa shape index (κ3) is 4.96. The van der Waals surface area contributed by atoms with Crippen molar-refractivity contribution in [3.05, 3.63) is 15.8 Å². The Morgan fingerprint density at radius 2 is 2.00 bits per heavy atom. The molecular weight excluding hydrogens is 274 g/mol. The summed E-state index contributed by atoms with van der Waals surface area (Å²) < 4.78 is 0. The first kappa shape index (κ1) is 16.7. The van der Waals surface area contributed by atoms with Gasteiger partial charge in [-0.15, -0.1) is 11.3 Å². The smallest absolute Gasteiger partial charge is 0.348 e. The van der Waals surface area contributed by atoms with Gasteiger partial charge in [-0.1, -0.05) is 27.7 Å². The molecule has 0 saturated heterocycles. The van der Waals surface area contributed by atoms with E-state index in [2.05, 4.69) is 26.1 Å². The van der Waals surface area contributed by atoms with Crippen LogP contribution in [0.3, 0.4) is 0 Å². The second-order valence-electron chi connectivity index (χ2n) is 6.55. The van der Waals surface area contributed by atoms with Crippen molar-refractivity contribution in [2.24, 2.45) is 11.3 Å². The van der Waals surface area contributed by atoms with E-state index in [-0.39, 0.29) is 22.1 Å². The van der Waals surface area contributed by atoms with Gasteiger partial charge in [0.2, 0.25) is 5.91 Å². The fourth-order valence-electron chi connectivity index (χ4n) is 2.38. The number of carbonyl (C=O) groups is 2. The van der Waals surface area contributed by atoms with Crippen LogP contribution < -0.4 is 5.32 Å². The summed E-state index contributed by atoms with van der Waals surface area (Å²) in [6.45, 7) is 10.3. The molecule has 0 aliphatic heterocycles.